The summed E-state index contributed by atoms with van der Waals surface area (Å²) >= 11 is 22.5. The van der Waals surface area contributed by atoms with Crippen molar-refractivity contribution in [2.75, 3.05) is 23.0 Å². The topological polar surface area (TPSA) is 58.2 Å². The molecule has 4 nitrogen and oxygen atoms in total. The maximum atomic E-state index is 11.0. The Morgan fingerprint density at radius 3 is 1.50 bits per heavy atom. The standard InChI is InChI=1S/C8H12N2O2S8/c11-5(3-13)19-9-7(15)17-1-2-18-8(16)10-20-6(12)4-14/h13-14H,1-4H2,(H,9,15)(H,10,16). The summed E-state index contributed by atoms with van der Waals surface area (Å²) in [6.07, 6.45) is 0. The first kappa shape index (κ1) is 21.2. The normalized spacial score (nSPS) is 9.90. The van der Waals surface area contributed by atoms with Crippen LogP contribution in [0.1, 0.15) is 0 Å². The molecule has 0 rings (SSSR count). The molecule has 0 atom stereocenters. The highest BCUT2D eigenvalue weighted by Gasteiger charge is 2.05. The summed E-state index contributed by atoms with van der Waals surface area (Å²) in [4.78, 5) is 22.0. The largest absolute Gasteiger partial charge is 0.309 e. The fourth-order valence-electron chi connectivity index (χ4n) is 0.589. The molecule has 0 heterocycles. The lowest BCUT2D eigenvalue weighted by Gasteiger charge is -2.06. The Bertz CT molecular complexity index is 330. The highest BCUT2D eigenvalue weighted by molar-refractivity contribution is 8.28. The van der Waals surface area contributed by atoms with Gasteiger partial charge in [-0.05, 0) is 0 Å². The van der Waals surface area contributed by atoms with Crippen molar-refractivity contribution in [1.29, 1.82) is 0 Å². The molecule has 20 heavy (non-hydrogen) atoms. The minimum atomic E-state index is -0.0816. The molecule has 0 aliphatic heterocycles. The molecule has 0 amide bonds. The number of hydrogen-bond donors (Lipinski definition) is 4. The zero-order valence-electron chi connectivity index (χ0n) is 9.99. The Hall–Kier alpha value is 1.22. The quantitative estimate of drug-likeness (QED) is 0.229. The molecule has 0 aliphatic carbocycles. The van der Waals surface area contributed by atoms with Gasteiger partial charge in [0.1, 0.15) is 8.64 Å². The fraction of sp³-hybridized carbons (Fsp3) is 0.500. The summed E-state index contributed by atoms with van der Waals surface area (Å²) < 4.78 is 6.62. The van der Waals surface area contributed by atoms with Gasteiger partial charge < -0.3 is 9.44 Å². The van der Waals surface area contributed by atoms with Gasteiger partial charge in [0.25, 0.3) is 0 Å². The molecule has 0 aromatic rings. The third kappa shape index (κ3) is 12.9. The first-order valence-corrected chi connectivity index (χ1v) is 10.6. The van der Waals surface area contributed by atoms with E-state index in [1.54, 1.807) is 0 Å². The molecule has 0 aromatic heterocycles. The van der Waals surface area contributed by atoms with Gasteiger partial charge in [-0.3, -0.25) is 9.59 Å². The van der Waals surface area contributed by atoms with E-state index in [0.29, 0.717) is 8.64 Å². The molecule has 0 radical (unpaired) electrons. The molecule has 2 N–H and O–H groups in total. The van der Waals surface area contributed by atoms with Crippen molar-refractivity contribution in [2.45, 2.75) is 0 Å². The summed E-state index contributed by atoms with van der Waals surface area (Å²) in [6.45, 7) is 0. The zero-order valence-corrected chi connectivity index (χ0v) is 16.7. The molecule has 0 unspecified atom stereocenters. The molecule has 0 aromatic carbocycles. The summed E-state index contributed by atoms with van der Waals surface area (Å²) in [5.74, 6) is 1.84. The monoisotopic (exact) mass is 424 g/mol. The second-order valence-corrected chi connectivity index (χ2v) is 8.64. The average molecular weight is 425 g/mol. The van der Waals surface area contributed by atoms with E-state index < -0.39 is 0 Å². The van der Waals surface area contributed by atoms with Gasteiger partial charge in [0.15, 0.2) is 0 Å². The van der Waals surface area contributed by atoms with Crippen LogP contribution in [0.3, 0.4) is 0 Å². The van der Waals surface area contributed by atoms with Crippen molar-refractivity contribution < 1.29 is 9.59 Å². The lowest BCUT2D eigenvalue weighted by Crippen LogP contribution is -2.15. The van der Waals surface area contributed by atoms with Crippen LogP contribution < -0.4 is 9.44 Å². The highest BCUT2D eigenvalue weighted by Crippen LogP contribution is 2.12. The molecule has 0 saturated heterocycles. The number of thioether (sulfide) groups is 2. The van der Waals surface area contributed by atoms with E-state index in [-0.39, 0.29) is 21.7 Å². The Kier molecular flexibility index (Phi) is 14.7. The number of carbonyl (C=O) groups excluding carboxylic acids is 2. The lowest BCUT2D eigenvalue weighted by molar-refractivity contribution is -0.109. The van der Waals surface area contributed by atoms with Crippen LogP contribution >= 0.6 is 97.1 Å². The fourth-order valence-corrected chi connectivity index (χ4v) is 4.01. The van der Waals surface area contributed by atoms with E-state index in [0.717, 1.165) is 35.4 Å². The SMILES string of the molecule is O=C(CS)SNC(=S)SCCSC(=S)NSC(=O)CS. The van der Waals surface area contributed by atoms with E-state index in [4.69, 9.17) is 24.4 Å². The zero-order chi connectivity index (χ0) is 15.4. The minimum absolute atomic E-state index is 0.0816. The average Bonchev–Trinajstić information content (AvgIpc) is 2.46. The second kappa shape index (κ2) is 13.9. The summed E-state index contributed by atoms with van der Waals surface area (Å²) in [5, 5.41) is -0.163. The van der Waals surface area contributed by atoms with Gasteiger partial charge in [0, 0.05) is 35.4 Å². The number of thiocarbonyl (C=S) groups is 2. The third-order valence-corrected chi connectivity index (χ3v) is 6.89. The first-order chi connectivity index (χ1) is 9.49. The summed E-state index contributed by atoms with van der Waals surface area (Å²) in [7, 11) is 0. The van der Waals surface area contributed by atoms with Gasteiger partial charge in [-0.2, -0.15) is 25.3 Å². The lowest BCUT2D eigenvalue weighted by atomic mass is 10.9. The molecular weight excluding hydrogens is 413 g/mol. The van der Waals surface area contributed by atoms with Crippen LogP contribution in [0, 0.1) is 0 Å². The van der Waals surface area contributed by atoms with Crippen LogP contribution in [-0.2, 0) is 9.59 Å². The van der Waals surface area contributed by atoms with Gasteiger partial charge in [-0.25, -0.2) is 0 Å². The molecule has 114 valence electrons. The first-order valence-electron chi connectivity index (χ1n) is 4.96. The molecule has 0 bridgehead atoms. The maximum Gasteiger partial charge on any atom is 0.218 e. The summed E-state index contributed by atoms with van der Waals surface area (Å²) in [6, 6.07) is 0. The number of rotatable bonds is 5. The van der Waals surface area contributed by atoms with Gasteiger partial charge in [-0.15, -0.1) is 0 Å². The van der Waals surface area contributed by atoms with Crippen molar-refractivity contribution in [3.63, 3.8) is 0 Å². The van der Waals surface area contributed by atoms with Crippen LogP contribution in [0.25, 0.3) is 0 Å². The number of nitrogens with one attached hydrogen (secondary N) is 2. The number of thiol groups is 2. The van der Waals surface area contributed by atoms with E-state index >= 15 is 0 Å². The van der Waals surface area contributed by atoms with E-state index in [9.17, 15) is 9.59 Å². The van der Waals surface area contributed by atoms with Gasteiger partial charge in [0.05, 0.1) is 11.5 Å². The van der Waals surface area contributed by atoms with Crippen LogP contribution in [0.2, 0.25) is 0 Å². The van der Waals surface area contributed by atoms with Crippen LogP contribution in [0.4, 0.5) is 0 Å². The number of carbonyl (C=O) groups is 2. The van der Waals surface area contributed by atoms with E-state index in [2.05, 4.69) is 34.7 Å². The molecule has 0 saturated carbocycles. The minimum Gasteiger partial charge on any atom is -0.309 e. The third-order valence-electron chi connectivity index (χ3n) is 1.30. The van der Waals surface area contributed by atoms with Crippen molar-refractivity contribution in [1.82, 2.24) is 9.44 Å². The molecular formula is C8H12N2O2S8. The van der Waals surface area contributed by atoms with Crippen molar-refractivity contribution in [3.8, 4) is 0 Å². The maximum absolute atomic E-state index is 11.0. The molecule has 0 aliphatic rings. The summed E-state index contributed by atoms with van der Waals surface area (Å²) in [5.41, 5.74) is 0. The van der Waals surface area contributed by atoms with Crippen LogP contribution in [0.15, 0.2) is 0 Å². The number of hydrogen-bond acceptors (Lipinski definition) is 10. The molecule has 12 heteroatoms. The van der Waals surface area contributed by atoms with Gasteiger partial charge >= 0.3 is 0 Å². The smallest absolute Gasteiger partial charge is 0.218 e. The molecule has 0 fully saturated rings. The predicted molar refractivity (Wildman–Crippen MR) is 109 cm³/mol. The van der Waals surface area contributed by atoms with Gasteiger partial charge in [0.2, 0.25) is 10.2 Å². The highest BCUT2D eigenvalue weighted by atomic mass is 32.2. The van der Waals surface area contributed by atoms with Crippen molar-refractivity contribution >= 4 is 116 Å². The van der Waals surface area contributed by atoms with E-state index in [1.807, 2.05) is 0 Å². The Morgan fingerprint density at radius 2 is 1.20 bits per heavy atom. The predicted octanol–water partition coefficient (Wildman–Crippen LogP) is 2.41. The van der Waals surface area contributed by atoms with E-state index in [1.165, 1.54) is 23.5 Å². The Morgan fingerprint density at radius 1 is 0.850 bits per heavy atom. The van der Waals surface area contributed by atoms with Crippen LogP contribution in [-0.4, -0.2) is 41.9 Å². The van der Waals surface area contributed by atoms with Crippen molar-refractivity contribution in [2.24, 2.45) is 0 Å². The Labute approximate surface area is 157 Å². The van der Waals surface area contributed by atoms with Gasteiger partial charge in [-0.1, -0.05) is 48.0 Å². The van der Waals surface area contributed by atoms with Crippen molar-refractivity contribution in [3.05, 3.63) is 0 Å². The van der Waals surface area contributed by atoms with Crippen LogP contribution in [0.5, 0.6) is 0 Å². The Balaban J connectivity index is 3.55. The second-order valence-electron chi connectivity index (χ2n) is 2.74. The molecule has 0 spiro atoms.